The van der Waals surface area contributed by atoms with Crippen molar-refractivity contribution in [1.82, 2.24) is 0 Å². The predicted octanol–water partition coefficient (Wildman–Crippen LogP) is 3.59. The third-order valence-electron chi connectivity index (χ3n) is 3.20. The fraction of sp³-hybridized carbons (Fsp3) is 0.200. The highest BCUT2D eigenvalue weighted by atomic mass is 79.9. The molecule has 6 heteroatoms. The number of methoxy groups -OCH3 is 1. The zero-order chi connectivity index (χ0) is 15.6. The average molecular weight is 370 g/mol. The number of hydrogen-bond donors (Lipinski definition) is 0. The summed E-state index contributed by atoms with van der Waals surface area (Å²) in [5, 5.41) is 0. The Morgan fingerprint density at radius 2 is 1.86 bits per heavy atom. The molecule has 0 fully saturated rings. The molecule has 4 nitrogen and oxygen atoms in total. The summed E-state index contributed by atoms with van der Waals surface area (Å²) in [6.07, 6.45) is 0. The van der Waals surface area contributed by atoms with E-state index in [4.69, 9.17) is 4.74 Å². The van der Waals surface area contributed by atoms with Crippen LogP contribution >= 0.6 is 15.9 Å². The van der Waals surface area contributed by atoms with Crippen molar-refractivity contribution in [3.05, 3.63) is 52.5 Å². The van der Waals surface area contributed by atoms with E-state index in [-0.39, 0.29) is 4.90 Å². The molecular formula is C15H16BrNO3S. The van der Waals surface area contributed by atoms with Crippen molar-refractivity contribution in [3.63, 3.8) is 0 Å². The van der Waals surface area contributed by atoms with Crippen LogP contribution in [0.4, 0.5) is 5.69 Å². The van der Waals surface area contributed by atoms with E-state index in [1.54, 1.807) is 43.5 Å². The van der Waals surface area contributed by atoms with Gasteiger partial charge < -0.3 is 4.74 Å². The Balaban J connectivity index is 2.44. The van der Waals surface area contributed by atoms with Gasteiger partial charge in [-0.2, -0.15) is 0 Å². The number of hydrogen-bond acceptors (Lipinski definition) is 3. The van der Waals surface area contributed by atoms with Crippen molar-refractivity contribution in [2.45, 2.75) is 11.8 Å². The van der Waals surface area contributed by atoms with Gasteiger partial charge in [-0.15, -0.1) is 0 Å². The number of anilines is 1. The Hall–Kier alpha value is -1.53. The zero-order valence-electron chi connectivity index (χ0n) is 12.0. The van der Waals surface area contributed by atoms with E-state index in [1.165, 1.54) is 11.4 Å². The average Bonchev–Trinajstić information content (AvgIpc) is 2.46. The summed E-state index contributed by atoms with van der Waals surface area (Å²) in [6, 6.07) is 12.0. The third-order valence-corrected chi connectivity index (χ3v) is 5.47. The van der Waals surface area contributed by atoms with E-state index in [9.17, 15) is 8.42 Å². The smallest absolute Gasteiger partial charge is 0.264 e. The van der Waals surface area contributed by atoms with E-state index in [2.05, 4.69) is 15.9 Å². The minimum absolute atomic E-state index is 0.239. The molecule has 0 amide bonds. The number of aryl methyl sites for hydroxylation is 1. The van der Waals surface area contributed by atoms with Gasteiger partial charge in [0.05, 0.1) is 17.7 Å². The maximum absolute atomic E-state index is 12.7. The van der Waals surface area contributed by atoms with Gasteiger partial charge in [-0.05, 0) is 48.9 Å². The lowest BCUT2D eigenvalue weighted by atomic mass is 10.2. The molecule has 0 N–H and O–H groups in total. The monoisotopic (exact) mass is 369 g/mol. The Bertz CT molecular complexity index is 759. The summed E-state index contributed by atoms with van der Waals surface area (Å²) >= 11 is 3.35. The molecule has 0 spiro atoms. The largest absolute Gasteiger partial charge is 0.496 e. The van der Waals surface area contributed by atoms with Crippen molar-refractivity contribution >= 4 is 31.6 Å². The van der Waals surface area contributed by atoms with Crippen LogP contribution in [0, 0.1) is 6.92 Å². The van der Waals surface area contributed by atoms with Crippen LogP contribution in [0.25, 0.3) is 0 Å². The van der Waals surface area contributed by atoms with Crippen molar-refractivity contribution in [2.24, 2.45) is 0 Å². The molecule has 2 aromatic carbocycles. The van der Waals surface area contributed by atoms with Crippen LogP contribution in [-0.4, -0.2) is 22.6 Å². The summed E-state index contributed by atoms with van der Waals surface area (Å²) in [5.41, 5.74) is 1.37. The topological polar surface area (TPSA) is 46.6 Å². The molecule has 0 aliphatic heterocycles. The molecule has 0 radical (unpaired) electrons. The molecule has 0 saturated carbocycles. The van der Waals surface area contributed by atoms with Crippen LogP contribution in [0.15, 0.2) is 51.8 Å². The fourth-order valence-corrected chi connectivity index (χ4v) is 3.64. The van der Waals surface area contributed by atoms with Crippen LogP contribution in [0.1, 0.15) is 5.56 Å². The Kier molecular flexibility index (Phi) is 4.58. The highest BCUT2D eigenvalue weighted by Crippen LogP contribution is 2.27. The molecule has 0 aliphatic rings. The van der Waals surface area contributed by atoms with Gasteiger partial charge in [0, 0.05) is 11.5 Å². The van der Waals surface area contributed by atoms with E-state index >= 15 is 0 Å². The number of benzene rings is 2. The number of halogens is 1. The van der Waals surface area contributed by atoms with Crippen LogP contribution in [-0.2, 0) is 10.0 Å². The highest BCUT2D eigenvalue weighted by molar-refractivity contribution is 9.10. The first-order valence-electron chi connectivity index (χ1n) is 6.25. The molecule has 2 rings (SSSR count). The van der Waals surface area contributed by atoms with Crippen LogP contribution in [0.2, 0.25) is 0 Å². The second-order valence-electron chi connectivity index (χ2n) is 4.58. The lowest BCUT2D eigenvalue weighted by Gasteiger charge is -2.20. The molecule has 0 aromatic heterocycles. The Morgan fingerprint density at radius 1 is 1.14 bits per heavy atom. The molecule has 2 aromatic rings. The number of sulfonamides is 1. The summed E-state index contributed by atoms with van der Waals surface area (Å²) < 4.78 is 32.6. The molecule has 0 bridgehead atoms. The number of rotatable bonds is 4. The first-order valence-corrected chi connectivity index (χ1v) is 8.48. The lowest BCUT2D eigenvalue weighted by molar-refractivity contribution is 0.411. The first kappa shape index (κ1) is 15.9. The third kappa shape index (κ3) is 3.22. The Morgan fingerprint density at radius 3 is 2.43 bits per heavy atom. The Labute approximate surface area is 133 Å². The van der Waals surface area contributed by atoms with Gasteiger partial charge in [0.15, 0.2) is 0 Å². The first-order chi connectivity index (χ1) is 9.86. The maximum Gasteiger partial charge on any atom is 0.264 e. The molecule has 21 heavy (non-hydrogen) atoms. The van der Waals surface area contributed by atoms with Crippen molar-refractivity contribution in [1.29, 1.82) is 0 Å². The van der Waals surface area contributed by atoms with Gasteiger partial charge in [0.1, 0.15) is 5.75 Å². The van der Waals surface area contributed by atoms with Crippen LogP contribution in [0.5, 0.6) is 5.75 Å². The van der Waals surface area contributed by atoms with Gasteiger partial charge in [0.2, 0.25) is 0 Å². The summed E-state index contributed by atoms with van der Waals surface area (Å²) in [5.74, 6) is 0.666. The molecule has 0 saturated heterocycles. The maximum atomic E-state index is 12.7. The van der Waals surface area contributed by atoms with Crippen molar-refractivity contribution in [3.8, 4) is 5.75 Å². The van der Waals surface area contributed by atoms with E-state index in [0.29, 0.717) is 11.4 Å². The highest BCUT2D eigenvalue weighted by Gasteiger charge is 2.22. The minimum Gasteiger partial charge on any atom is -0.496 e. The second-order valence-corrected chi connectivity index (χ2v) is 7.47. The molecule has 112 valence electrons. The second kappa shape index (κ2) is 6.07. The number of nitrogens with zero attached hydrogens (tertiary/aromatic N) is 1. The molecule has 0 unspecified atom stereocenters. The predicted molar refractivity (Wildman–Crippen MR) is 87.5 cm³/mol. The quantitative estimate of drug-likeness (QED) is 0.826. The standard InChI is InChI=1S/C15H16BrNO3S/c1-11-9-14(7-8-15(11)20-3)21(18,19)17(2)13-6-4-5-12(16)10-13/h4-10H,1-3H3. The van der Waals surface area contributed by atoms with Gasteiger partial charge in [0.25, 0.3) is 10.0 Å². The lowest BCUT2D eigenvalue weighted by Crippen LogP contribution is -2.26. The molecule has 0 heterocycles. The van der Waals surface area contributed by atoms with Crippen LogP contribution < -0.4 is 9.04 Å². The minimum atomic E-state index is -3.60. The van der Waals surface area contributed by atoms with Crippen LogP contribution in [0.3, 0.4) is 0 Å². The molecule has 0 aliphatic carbocycles. The van der Waals surface area contributed by atoms with Gasteiger partial charge in [-0.25, -0.2) is 8.42 Å². The van der Waals surface area contributed by atoms with E-state index in [0.717, 1.165) is 10.0 Å². The van der Waals surface area contributed by atoms with Crippen molar-refractivity contribution in [2.75, 3.05) is 18.5 Å². The number of ether oxygens (including phenoxy) is 1. The molecular weight excluding hydrogens is 354 g/mol. The summed E-state index contributed by atoms with van der Waals surface area (Å²) in [6.45, 7) is 1.82. The van der Waals surface area contributed by atoms with Gasteiger partial charge in [-0.3, -0.25) is 4.31 Å². The van der Waals surface area contributed by atoms with Gasteiger partial charge in [-0.1, -0.05) is 22.0 Å². The zero-order valence-corrected chi connectivity index (χ0v) is 14.4. The van der Waals surface area contributed by atoms with E-state index < -0.39 is 10.0 Å². The van der Waals surface area contributed by atoms with E-state index in [1.807, 2.05) is 13.0 Å². The summed E-state index contributed by atoms with van der Waals surface area (Å²) in [7, 11) is -0.501. The fourth-order valence-electron chi connectivity index (χ4n) is 1.98. The summed E-state index contributed by atoms with van der Waals surface area (Å²) in [4.78, 5) is 0.239. The van der Waals surface area contributed by atoms with Crippen molar-refractivity contribution < 1.29 is 13.2 Å². The molecule has 0 atom stereocenters. The van der Waals surface area contributed by atoms with Gasteiger partial charge >= 0.3 is 0 Å². The normalized spacial score (nSPS) is 11.2. The SMILES string of the molecule is COc1ccc(S(=O)(=O)N(C)c2cccc(Br)c2)cc1C.